The van der Waals surface area contributed by atoms with E-state index in [0.29, 0.717) is 12.1 Å². The number of hydrogen-bond acceptors (Lipinski definition) is 2. The van der Waals surface area contributed by atoms with E-state index in [0.717, 1.165) is 22.6 Å². The Bertz CT molecular complexity index is 259. The van der Waals surface area contributed by atoms with Gasteiger partial charge >= 0.3 is 0 Å². The average molecular weight is 346 g/mol. The highest BCUT2D eigenvalue weighted by Crippen LogP contribution is 2.46. The average Bonchev–Trinajstić information content (AvgIpc) is 2.41. The molecule has 1 aliphatic carbocycles. The van der Waals surface area contributed by atoms with Crippen LogP contribution in [0, 0.1) is 0 Å². The van der Waals surface area contributed by atoms with Crippen LogP contribution in [0.25, 0.3) is 0 Å². The van der Waals surface area contributed by atoms with Crippen LogP contribution in [0.1, 0.15) is 81.1 Å². The van der Waals surface area contributed by atoms with Gasteiger partial charge in [0.25, 0.3) is 0 Å². The Morgan fingerprint density at radius 3 is 1.09 bits per heavy atom. The van der Waals surface area contributed by atoms with Gasteiger partial charge in [-0.05, 0) is 51.6 Å². The van der Waals surface area contributed by atoms with Crippen molar-refractivity contribution in [3.63, 3.8) is 0 Å². The van der Waals surface area contributed by atoms with Gasteiger partial charge in [0.1, 0.15) is 0 Å². The predicted molar refractivity (Wildman–Crippen MR) is 107 cm³/mol. The maximum atomic E-state index is 4.10. The maximum absolute atomic E-state index is 4.10. The van der Waals surface area contributed by atoms with Crippen LogP contribution in [-0.2, 0) is 0 Å². The summed E-state index contributed by atoms with van der Waals surface area (Å²) in [6.07, 6.45) is 5.51. The van der Waals surface area contributed by atoms with E-state index in [2.05, 4.69) is 65.6 Å². The van der Waals surface area contributed by atoms with Gasteiger partial charge in [0.15, 0.2) is 0 Å². The van der Waals surface area contributed by atoms with E-state index in [-0.39, 0.29) is 16.1 Å². The zero-order valence-electron chi connectivity index (χ0n) is 16.2. The summed E-state index contributed by atoms with van der Waals surface area (Å²) in [7, 11) is -0.133. The molecule has 4 heteroatoms. The monoisotopic (exact) mass is 346 g/mol. The largest absolute Gasteiger partial charge is 0.291 e. The fraction of sp³-hybridized carbons (Fsp3) is 1.00. The molecule has 0 unspecified atom stereocenters. The van der Waals surface area contributed by atoms with Crippen LogP contribution in [0.15, 0.2) is 0 Å². The molecule has 1 rings (SSSR count). The van der Waals surface area contributed by atoms with Crippen molar-refractivity contribution in [1.29, 1.82) is 0 Å². The standard InChI is InChI=1S/C18H40N2P2/c1-13(2)21(14(3)4)19-17-11-9-10-12-18(17)20-22(15(5)6)16(7)8/h13-20H,9-12H2,1-8H3/t17-,18-/m1/s1. The topological polar surface area (TPSA) is 24.1 Å². The molecule has 0 bridgehead atoms. The second-order valence-electron chi connectivity index (χ2n) is 7.95. The highest BCUT2D eigenvalue weighted by atomic mass is 31.1. The van der Waals surface area contributed by atoms with Gasteiger partial charge in [0.2, 0.25) is 0 Å². The minimum Gasteiger partial charge on any atom is -0.291 e. The van der Waals surface area contributed by atoms with Crippen LogP contribution < -0.4 is 10.2 Å². The van der Waals surface area contributed by atoms with Crippen LogP contribution in [0.4, 0.5) is 0 Å². The fourth-order valence-electron chi connectivity index (χ4n) is 3.61. The molecule has 0 aromatic carbocycles. The lowest BCUT2D eigenvalue weighted by molar-refractivity contribution is 0.347. The van der Waals surface area contributed by atoms with E-state index in [1.54, 1.807) is 0 Å². The predicted octanol–water partition coefficient (Wildman–Crippen LogP) is 5.90. The zero-order valence-corrected chi connectivity index (χ0v) is 18.0. The SMILES string of the molecule is CC(C)P(N[C@@H]1CCCC[C@H]1NP(C(C)C)C(C)C)C(C)C. The lowest BCUT2D eigenvalue weighted by Gasteiger charge is -2.41. The van der Waals surface area contributed by atoms with Crippen molar-refractivity contribution in [3.05, 3.63) is 0 Å². The van der Waals surface area contributed by atoms with Gasteiger partial charge < -0.3 is 0 Å². The Morgan fingerprint density at radius 1 is 0.591 bits per heavy atom. The molecule has 1 fully saturated rings. The van der Waals surface area contributed by atoms with E-state index in [1.165, 1.54) is 25.7 Å². The van der Waals surface area contributed by atoms with Gasteiger partial charge in [-0.25, -0.2) is 0 Å². The third-order valence-electron chi connectivity index (χ3n) is 4.62. The Labute approximate surface area is 142 Å². The molecule has 0 aliphatic heterocycles. The molecule has 0 amide bonds. The zero-order chi connectivity index (χ0) is 16.9. The third-order valence-corrected chi connectivity index (χ3v) is 10.3. The van der Waals surface area contributed by atoms with E-state index in [4.69, 9.17) is 0 Å². The van der Waals surface area contributed by atoms with Gasteiger partial charge in [-0.2, -0.15) is 0 Å². The number of rotatable bonds is 8. The summed E-state index contributed by atoms with van der Waals surface area (Å²) in [4.78, 5) is 0. The normalized spacial score (nSPS) is 23.7. The molecule has 0 radical (unpaired) electrons. The van der Waals surface area contributed by atoms with Crippen molar-refractivity contribution in [3.8, 4) is 0 Å². The molecule has 2 nitrogen and oxygen atoms in total. The van der Waals surface area contributed by atoms with Crippen LogP contribution in [0.2, 0.25) is 0 Å². The van der Waals surface area contributed by atoms with Crippen LogP contribution in [-0.4, -0.2) is 34.7 Å². The van der Waals surface area contributed by atoms with Gasteiger partial charge in [-0.1, -0.05) is 68.2 Å². The van der Waals surface area contributed by atoms with Crippen molar-refractivity contribution in [2.75, 3.05) is 0 Å². The molecule has 2 atom stereocenters. The summed E-state index contributed by atoms with van der Waals surface area (Å²) in [5.74, 6) is 0. The highest BCUT2D eigenvalue weighted by molar-refractivity contribution is 7.57. The smallest absolute Gasteiger partial charge is 0.0260 e. The molecule has 22 heavy (non-hydrogen) atoms. The molecular weight excluding hydrogens is 306 g/mol. The summed E-state index contributed by atoms with van der Waals surface area (Å²) in [5, 5.41) is 8.20. The molecule has 1 aliphatic rings. The van der Waals surface area contributed by atoms with Crippen molar-refractivity contribution in [2.24, 2.45) is 0 Å². The molecule has 0 aromatic heterocycles. The lowest BCUT2D eigenvalue weighted by Crippen LogP contribution is -2.48. The van der Waals surface area contributed by atoms with Gasteiger partial charge in [0, 0.05) is 12.1 Å². The Balaban J connectivity index is 2.74. The lowest BCUT2D eigenvalue weighted by atomic mass is 9.92. The molecule has 1 saturated carbocycles. The first-order valence-electron chi connectivity index (χ1n) is 9.33. The van der Waals surface area contributed by atoms with E-state index in [9.17, 15) is 0 Å². The van der Waals surface area contributed by atoms with Crippen LogP contribution in [0.5, 0.6) is 0 Å². The van der Waals surface area contributed by atoms with Crippen molar-refractivity contribution >= 4 is 16.1 Å². The maximum Gasteiger partial charge on any atom is 0.0260 e. The van der Waals surface area contributed by atoms with Crippen molar-refractivity contribution < 1.29 is 0 Å². The van der Waals surface area contributed by atoms with E-state index >= 15 is 0 Å². The number of nitrogens with one attached hydrogen (secondary N) is 2. The minimum absolute atomic E-state index is 0.0666. The quantitative estimate of drug-likeness (QED) is 0.534. The summed E-state index contributed by atoms with van der Waals surface area (Å²) in [6, 6.07) is 1.37. The molecular formula is C18H40N2P2. The third kappa shape index (κ3) is 6.35. The Hall–Kier alpha value is 0.780. The highest BCUT2D eigenvalue weighted by Gasteiger charge is 2.31. The van der Waals surface area contributed by atoms with Gasteiger partial charge in [0.05, 0.1) is 0 Å². The van der Waals surface area contributed by atoms with E-state index in [1.807, 2.05) is 0 Å². The first-order chi connectivity index (χ1) is 10.2. The summed E-state index contributed by atoms with van der Waals surface area (Å²) >= 11 is 0. The van der Waals surface area contributed by atoms with Crippen LogP contribution in [0.3, 0.4) is 0 Å². The summed E-state index contributed by atoms with van der Waals surface area (Å²) < 4.78 is 0. The molecule has 0 spiro atoms. The van der Waals surface area contributed by atoms with Gasteiger partial charge in [-0.15, -0.1) is 0 Å². The van der Waals surface area contributed by atoms with Crippen molar-refractivity contribution in [1.82, 2.24) is 10.2 Å². The minimum atomic E-state index is -0.0666. The summed E-state index contributed by atoms with van der Waals surface area (Å²) in [5.41, 5.74) is 3.09. The molecule has 0 aromatic rings. The number of hydrogen-bond donors (Lipinski definition) is 2. The van der Waals surface area contributed by atoms with E-state index < -0.39 is 0 Å². The second-order valence-corrected chi connectivity index (χ2v) is 14.2. The fourth-order valence-corrected chi connectivity index (χ4v) is 8.57. The summed E-state index contributed by atoms with van der Waals surface area (Å²) in [6.45, 7) is 19.1. The van der Waals surface area contributed by atoms with Crippen LogP contribution >= 0.6 is 16.1 Å². The second kappa shape index (κ2) is 9.93. The first kappa shape index (κ1) is 20.8. The van der Waals surface area contributed by atoms with Gasteiger partial charge in [-0.3, -0.25) is 10.2 Å². The Morgan fingerprint density at radius 2 is 0.864 bits per heavy atom. The first-order valence-corrected chi connectivity index (χ1v) is 12.3. The molecule has 132 valence electrons. The molecule has 2 N–H and O–H groups in total. The molecule has 0 saturated heterocycles. The Kier molecular flexibility index (Phi) is 9.40. The van der Waals surface area contributed by atoms with Crippen molar-refractivity contribution in [2.45, 2.75) is 116 Å². The molecule has 0 heterocycles.